The Labute approximate surface area is 199 Å². The lowest BCUT2D eigenvalue weighted by molar-refractivity contribution is 0.112. The normalized spacial score (nSPS) is 11.0. The van der Waals surface area contributed by atoms with Gasteiger partial charge in [-0.1, -0.05) is 104 Å². The fourth-order valence-corrected chi connectivity index (χ4v) is 3.28. The first-order chi connectivity index (χ1) is 14.8. The molecule has 0 fully saturated rings. The summed E-state index contributed by atoms with van der Waals surface area (Å²) in [6.07, 6.45) is 3.91. The topological polar surface area (TPSA) is 17.1 Å². The van der Waals surface area contributed by atoms with E-state index in [1.807, 2.05) is 45.9 Å². The third kappa shape index (κ3) is 9.98. The third-order valence-corrected chi connectivity index (χ3v) is 5.51. The average molecular weight is 437 g/mol. The summed E-state index contributed by atoms with van der Waals surface area (Å²) in [5.41, 5.74) is 9.17. The Bertz CT molecular complexity index is 825. The molecule has 0 radical (unpaired) electrons. The quantitative estimate of drug-likeness (QED) is 0.337. The van der Waals surface area contributed by atoms with Crippen molar-refractivity contribution >= 4 is 6.29 Å². The van der Waals surface area contributed by atoms with Gasteiger partial charge in [0.25, 0.3) is 0 Å². The highest BCUT2D eigenvalue weighted by molar-refractivity contribution is 5.77. The van der Waals surface area contributed by atoms with Gasteiger partial charge in [-0.05, 0) is 71.8 Å². The van der Waals surface area contributed by atoms with Crippen LogP contribution in [-0.4, -0.2) is 6.29 Å². The zero-order chi connectivity index (χ0) is 25.1. The standard InChI is InChI=1S/C16H26.C13H16O.C2H6/c1-8-12-9-13(15(2,3)4)11-14(10-12)16(5,6)7;1-10(2)7-8-13-11(3)5-4-6-12(13)9-14;1-2/h9-11H,8H2,1-7H3;4-6,9H,1,7-8H2,2-3H3;1-2H3. The lowest BCUT2D eigenvalue weighted by Crippen LogP contribution is -2.16. The number of aldehydes is 1. The Balaban J connectivity index is 0.000000561. The van der Waals surface area contributed by atoms with Crippen LogP contribution in [-0.2, 0) is 23.7 Å². The molecule has 0 saturated heterocycles. The minimum absolute atomic E-state index is 0.241. The first kappa shape index (κ1) is 29.9. The minimum Gasteiger partial charge on any atom is -0.298 e. The van der Waals surface area contributed by atoms with Gasteiger partial charge in [-0.15, -0.1) is 6.58 Å². The fraction of sp³-hybridized carbons (Fsp3) is 0.516. The molecule has 0 aliphatic heterocycles. The highest BCUT2D eigenvalue weighted by atomic mass is 16.1. The summed E-state index contributed by atoms with van der Waals surface area (Å²) in [5.74, 6) is 0. The van der Waals surface area contributed by atoms with E-state index in [0.29, 0.717) is 0 Å². The van der Waals surface area contributed by atoms with Gasteiger partial charge < -0.3 is 0 Å². The first-order valence-electron chi connectivity index (χ1n) is 12.1. The average Bonchev–Trinajstić information content (AvgIpc) is 2.72. The van der Waals surface area contributed by atoms with E-state index >= 15 is 0 Å². The Kier molecular flexibility index (Phi) is 12.5. The molecule has 1 heteroatoms. The molecule has 0 amide bonds. The van der Waals surface area contributed by atoms with Crippen molar-refractivity contribution in [3.63, 3.8) is 0 Å². The summed E-state index contributed by atoms with van der Waals surface area (Å²) in [4.78, 5) is 10.8. The van der Waals surface area contributed by atoms with Gasteiger partial charge in [0, 0.05) is 5.56 Å². The highest BCUT2D eigenvalue weighted by Crippen LogP contribution is 2.30. The van der Waals surface area contributed by atoms with Crippen molar-refractivity contribution in [1.29, 1.82) is 0 Å². The molecule has 178 valence electrons. The Morgan fingerprint density at radius 2 is 1.44 bits per heavy atom. The maximum atomic E-state index is 10.8. The molecule has 0 saturated carbocycles. The summed E-state index contributed by atoms with van der Waals surface area (Å²) < 4.78 is 0. The van der Waals surface area contributed by atoms with Crippen LogP contribution in [0, 0.1) is 6.92 Å². The lowest BCUT2D eigenvalue weighted by atomic mass is 9.79. The molecule has 0 bridgehead atoms. The van der Waals surface area contributed by atoms with E-state index in [9.17, 15) is 4.79 Å². The fourth-order valence-electron chi connectivity index (χ4n) is 3.28. The second-order valence-electron chi connectivity index (χ2n) is 10.5. The molecule has 1 nitrogen and oxygen atoms in total. The molecule has 32 heavy (non-hydrogen) atoms. The molecule has 0 aliphatic carbocycles. The molecule has 0 aliphatic rings. The van der Waals surface area contributed by atoms with Crippen molar-refractivity contribution in [1.82, 2.24) is 0 Å². The predicted molar refractivity (Wildman–Crippen MR) is 144 cm³/mol. The van der Waals surface area contributed by atoms with Crippen molar-refractivity contribution < 1.29 is 4.79 Å². The minimum atomic E-state index is 0.241. The van der Waals surface area contributed by atoms with Gasteiger partial charge in [0.05, 0.1) is 0 Å². The summed E-state index contributed by atoms with van der Waals surface area (Å²) in [6.45, 7) is 27.9. The molecule has 0 atom stereocenters. The van der Waals surface area contributed by atoms with E-state index in [2.05, 4.69) is 73.2 Å². The second kappa shape index (κ2) is 13.4. The third-order valence-electron chi connectivity index (χ3n) is 5.51. The van der Waals surface area contributed by atoms with Crippen molar-refractivity contribution in [3.8, 4) is 0 Å². The molecular weight excluding hydrogens is 388 g/mol. The lowest BCUT2D eigenvalue weighted by Gasteiger charge is -2.26. The van der Waals surface area contributed by atoms with Crippen molar-refractivity contribution in [2.75, 3.05) is 0 Å². The van der Waals surface area contributed by atoms with Crippen LogP contribution in [0.3, 0.4) is 0 Å². The molecule has 0 N–H and O–H groups in total. The SMILES string of the molecule is C=C(C)CCc1c(C)cccc1C=O.CC.CCc1cc(C(C)(C)C)cc(C(C)(C)C)c1. The second-order valence-corrected chi connectivity index (χ2v) is 10.5. The molecular formula is C31H48O. The maximum absolute atomic E-state index is 10.8. The predicted octanol–water partition coefficient (Wildman–Crippen LogP) is 9.19. The summed E-state index contributed by atoms with van der Waals surface area (Å²) in [6, 6.07) is 12.9. The smallest absolute Gasteiger partial charge is 0.150 e. The number of hydrogen-bond donors (Lipinski definition) is 0. The highest BCUT2D eigenvalue weighted by Gasteiger charge is 2.19. The molecule has 0 spiro atoms. The number of allylic oxidation sites excluding steroid dienone is 1. The first-order valence-corrected chi connectivity index (χ1v) is 12.1. The number of hydrogen-bond acceptors (Lipinski definition) is 1. The maximum Gasteiger partial charge on any atom is 0.150 e. The molecule has 0 aromatic heterocycles. The van der Waals surface area contributed by atoms with Gasteiger partial charge in [-0.3, -0.25) is 4.79 Å². The number of aryl methyl sites for hydroxylation is 2. The Morgan fingerprint density at radius 1 is 0.938 bits per heavy atom. The zero-order valence-corrected chi connectivity index (χ0v) is 22.8. The van der Waals surface area contributed by atoms with Crippen LogP contribution in [0.15, 0.2) is 48.6 Å². The van der Waals surface area contributed by atoms with Crippen LogP contribution in [0.25, 0.3) is 0 Å². The largest absolute Gasteiger partial charge is 0.298 e. The molecule has 0 heterocycles. The van der Waals surface area contributed by atoms with Gasteiger partial charge in [0.15, 0.2) is 0 Å². The van der Waals surface area contributed by atoms with Gasteiger partial charge in [0.2, 0.25) is 0 Å². The van der Waals surface area contributed by atoms with E-state index in [0.717, 1.165) is 42.2 Å². The number of benzene rings is 2. The van der Waals surface area contributed by atoms with E-state index < -0.39 is 0 Å². The van der Waals surface area contributed by atoms with Crippen LogP contribution < -0.4 is 0 Å². The van der Waals surface area contributed by atoms with Crippen LogP contribution in [0.4, 0.5) is 0 Å². The van der Waals surface area contributed by atoms with Crippen LogP contribution >= 0.6 is 0 Å². The van der Waals surface area contributed by atoms with Gasteiger partial charge >= 0.3 is 0 Å². The molecule has 2 rings (SSSR count). The van der Waals surface area contributed by atoms with Crippen LogP contribution in [0.5, 0.6) is 0 Å². The van der Waals surface area contributed by atoms with Crippen molar-refractivity contribution in [3.05, 3.63) is 81.9 Å². The van der Waals surface area contributed by atoms with Crippen molar-refractivity contribution in [2.24, 2.45) is 0 Å². The van der Waals surface area contributed by atoms with E-state index in [1.54, 1.807) is 0 Å². The van der Waals surface area contributed by atoms with Crippen LogP contribution in [0.2, 0.25) is 0 Å². The van der Waals surface area contributed by atoms with Gasteiger partial charge in [-0.25, -0.2) is 0 Å². The van der Waals surface area contributed by atoms with Crippen LogP contribution in [0.1, 0.15) is 114 Å². The number of carbonyl (C=O) groups excluding carboxylic acids is 1. The number of rotatable bonds is 5. The van der Waals surface area contributed by atoms with E-state index in [4.69, 9.17) is 0 Å². The van der Waals surface area contributed by atoms with E-state index in [1.165, 1.54) is 22.3 Å². The van der Waals surface area contributed by atoms with Crippen molar-refractivity contribution in [2.45, 2.75) is 106 Å². The molecule has 0 unspecified atom stereocenters. The van der Waals surface area contributed by atoms with Gasteiger partial charge in [-0.2, -0.15) is 0 Å². The zero-order valence-electron chi connectivity index (χ0n) is 22.8. The van der Waals surface area contributed by atoms with E-state index in [-0.39, 0.29) is 10.8 Å². The molecule has 2 aromatic rings. The Morgan fingerprint density at radius 3 is 1.81 bits per heavy atom. The summed E-state index contributed by atoms with van der Waals surface area (Å²) in [5, 5.41) is 0. The monoisotopic (exact) mass is 436 g/mol. The number of carbonyl (C=O) groups is 1. The van der Waals surface area contributed by atoms with Gasteiger partial charge in [0.1, 0.15) is 6.29 Å². The summed E-state index contributed by atoms with van der Waals surface area (Å²) >= 11 is 0. The summed E-state index contributed by atoms with van der Waals surface area (Å²) in [7, 11) is 0. The Hall–Kier alpha value is -2.15. The molecule has 2 aromatic carbocycles.